The van der Waals surface area contributed by atoms with Gasteiger partial charge in [0.2, 0.25) is 0 Å². The van der Waals surface area contributed by atoms with Crippen molar-refractivity contribution in [2.75, 3.05) is 32.1 Å². The molecule has 1 aliphatic rings. The third-order valence-electron chi connectivity index (χ3n) is 3.91. The van der Waals surface area contributed by atoms with Crippen LogP contribution in [0.1, 0.15) is 12.8 Å². The van der Waals surface area contributed by atoms with E-state index in [1.165, 1.54) is 19.4 Å². The zero-order valence-corrected chi connectivity index (χ0v) is 12.0. The van der Waals surface area contributed by atoms with Crippen LogP contribution in [0.2, 0.25) is 5.15 Å². The Morgan fingerprint density at radius 1 is 1.47 bits per heavy atom. The fourth-order valence-electron chi connectivity index (χ4n) is 2.80. The average Bonchev–Trinajstić information content (AvgIpc) is 2.89. The van der Waals surface area contributed by atoms with E-state index in [9.17, 15) is 0 Å². The summed E-state index contributed by atoms with van der Waals surface area (Å²) in [4.78, 5) is 7.80. The Kier molecular flexibility index (Phi) is 3.33. The Morgan fingerprint density at radius 2 is 2.32 bits per heavy atom. The molecule has 1 N–H and O–H groups in total. The summed E-state index contributed by atoms with van der Waals surface area (Å²) < 4.78 is 0. The normalized spacial score (nSPS) is 20.9. The molecule has 6 heteroatoms. The fraction of sp³-hybridized carbons (Fsp3) is 0.538. The molecule has 1 atom stereocenters. The number of rotatable bonds is 2. The minimum absolute atomic E-state index is 0.453. The van der Waals surface area contributed by atoms with Gasteiger partial charge in [0.05, 0.1) is 5.52 Å². The van der Waals surface area contributed by atoms with Crippen LogP contribution >= 0.6 is 11.6 Å². The molecule has 0 unspecified atom stereocenters. The molecule has 1 aliphatic heterocycles. The third-order valence-corrected chi connectivity index (χ3v) is 4.19. The zero-order valence-electron chi connectivity index (χ0n) is 11.2. The van der Waals surface area contributed by atoms with Crippen LogP contribution in [-0.2, 0) is 0 Å². The largest absolute Gasteiger partial charge is 0.358 e. The molecule has 2 aromatic rings. The summed E-state index contributed by atoms with van der Waals surface area (Å²) in [5.74, 6) is 0.879. The van der Waals surface area contributed by atoms with Crippen molar-refractivity contribution in [3.8, 4) is 0 Å². The van der Waals surface area contributed by atoms with Gasteiger partial charge in [0.15, 0.2) is 11.0 Å². The van der Waals surface area contributed by atoms with Gasteiger partial charge in [-0.15, -0.1) is 10.2 Å². The van der Waals surface area contributed by atoms with Gasteiger partial charge in [0.25, 0.3) is 0 Å². The standard InChI is InChI=1S/C13H18ClN5/c1-18-7-3-4-9(8-18)19(2)13-11-10(5-6-15-11)12(14)16-17-13/h5-6,9,15H,3-4,7-8H2,1-2H3/t9-/m1/s1. The van der Waals surface area contributed by atoms with Crippen molar-refractivity contribution < 1.29 is 0 Å². The predicted octanol–water partition coefficient (Wildman–Crippen LogP) is 2.14. The molecule has 2 aromatic heterocycles. The number of nitrogens with one attached hydrogen (secondary N) is 1. The molecule has 19 heavy (non-hydrogen) atoms. The van der Waals surface area contributed by atoms with Crippen molar-refractivity contribution in [2.45, 2.75) is 18.9 Å². The Hall–Kier alpha value is -1.33. The van der Waals surface area contributed by atoms with E-state index in [4.69, 9.17) is 11.6 Å². The van der Waals surface area contributed by atoms with Crippen molar-refractivity contribution in [1.82, 2.24) is 20.1 Å². The van der Waals surface area contributed by atoms with E-state index in [0.29, 0.717) is 11.2 Å². The van der Waals surface area contributed by atoms with Crippen molar-refractivity contribution in [3.63, 3.8) is 0 Å². The molecule has 1 saturated heterocycles. The highest BCUT2D eigenvalue weighted by atomic mass is 35.5. The first-order valence-corrected chi connectivity index (χ1v) is 6.95. The highest BCUT2D eigenvalue weighted by Crippen LogP contribution is 2.28. The number of likely N-dealkylation sites (tertiary alicyclic amines) is 1. The summed E-state index contributed by atoms with van der Waals surface area (Å²) in [5, 5.41) is 9.71. The molecule has 0 amide bonds. The van der Waals surface area contributed by atoms with Crippen molar-refractivity contribution in [1.29, 1.82) is 0 Å². The molecule has 5 nitrogen and oxygen atoms in total. The lowest BCUT2D eigenvalue weighted by Crippen LogP contribution is -2.45. The number of aromatic nitrogens is 3. The molecule has 0 spiro atoms. The predicted molar refractivity (Wildman–Crippen MR) is 77.8 cm³/mol. The Morgan fingerprint density at radius 3 is 3.11 bits per heavy atom. The van der Waals surface area contributed by atoms with Crippen molar-refractivity contribution in [2.24, 2.45) is 0 Å². The number of anilines is 1. The molecule has 0 bridgehead atoms. The molecule has 0 aliphatic carbocycles. The van der Waals surface area contributed by atoms with Crippen LogP contribution in [0.4, 0.5) is 5.82 Å². The number of aromatic amines is 1. The summed E-state index contributed by atoms with van der Waals surface area (Å²) in [6.07, 6.45) is 4.29. The van der Waals surface area contributed by atoms with Gasteiger partial charge in [-0.1, -0.05) is 11.6 Å². The third kappa shape index (κ3) is 2.28. The first-order chi connectivity index (χ1) is 9.16. The van der Waals surface area contributed by atoms with Crippen molar-refractivity contribution in [3.05, 3.63) is 17.4 Å². The Bertz CT molecular complexity index is 581. The van der Waals surface area contributed by atoms with Gasteiger partial charge in [-0.05, 0) is 32.5 Å². The maximum atomic E-state index is 6.06. The second-order valence-corrected chi connectivity index (χ2v) is 5.61. The van der Waals surface area contributed by atoms with Crippen LogP contribution in [0.3, 0.4) is 0 Å². The maximum absolute atomic E-state index is 6.06. The van der Waals surface area contributed by atoms with E-state index in [1.54, 1.807) is 0 Å². The van der Waals surface area contributed by atoms with Gasteiger partial charge in [-0.25, -0.2) is 0 Å². The van der Waals surface area contributed by atoms with Gasteiger partial charge < -0.3 is 14.8 Å². The van der Waals surface area contributed by atoms with E-state index < -0.39 is 0 Å². The Balaban J connectivity index is 1.95. The number of hydrogen-bond acceptors (Lipinski definition) is 4. The van der Waals surface area contributed by atoms with E-state index in [-0.39, 0.29) is 0 Å². The van der Waals surface area contributed by atoms with Crippen LogP contribution < -0.4 is 4.90 Å². The second kappa shape index (κ2) is 4.98. The van der Waals surface area contributed by atoms with Gasteiger partial charge in [-0.3, -0.25) is 0 Å². The number of nitrogens with zero attached hydrogens (tertiary/aromatic N) is 4. The maximum Gasteiger partial charge on any atom is 0.175 e. The van der Waals surface area contributed by atoms with E-state index in [1.807, 2.05) is 12.3 Å². The summed E-state index contributed by atoms with van der Waals surface area (Å²) in [6.45, 7) is 2.23. The lowest BCUT2D eigenvalue weighted by Gasteiger charge is -2.36. The molecule has 3 rings (SSSR count). The quantitative estimate of drug-likeness (QED) is 0.915. The smallest absolute Gasteiger partial charge is 0.175 e. The number of likely N-dealkylation sites (N-methyl/N-ethyl adjacent to an activating group) is 2. The summed E-state index contributed by atoms with van der Waals surface area (Å²) in [6, 6.07) is 2.41. The molecular formula is C13H18ClN5. The number of H-pyrrole nitrogens is 1. The van der Waals surface area contributed by atoms with Crippen LogP contribution in [0.25, 0.3) is 10.9 Å². The minimum atomic E-state index is 0.453. The highest BCUT2D eigenvalue weighted by Gasteiger charge is 2.24. The van der Waals surface area contributed by atoms with Crippen LogP contribution in [0, 0.1) is 0 Å². The van der Waals surface area contributed by atoms with Gasteiger partial charge >= 0.3 is 0 Å². The molecule has 0 aromatic carbocycles. The van der Waals surface area contributed by atoms with E-state index in [2.05, 4.69) is 39.1 Å². The van der Waals surface area contributed by atoms with Crippen LogP contribution in [0.15, 0.2) is 12.3 Å². The highest BCUT2D eigenvalue weighted by molar-refractivity contribution is 6.34. The molecule has 3 heterocycles. The molecule has 102 valence electrons. The van der Waals surface area contributed by atoms with Gasteiger partial charge in [-0.2, -0.15) is 0 Å². The fourth-order valence-corrected chi connectivity index (χ4v) is 2.99. The number of piperidine rings is 1. The lowest BCUT2D eigenvalue weighted by molar-refractivity contribution is 0.247. The first kappa shape index (κ1) is 12.7. The van der Waals surface area contributed by atoms with E-state index in [0.717, 1.165) is 23.3 Å². The number of fused-ring (bicyclic) bond motifs is 1. The Labute approximate surface area is 117 Å². The summed E-state index contributed by atoms with van der Waals surface area (Å²) in [5.41, 5.74) is 0.968. The molecular weight excluding hydrogens is 262 g/mol. The van der Waals surface area contributed by atoms with Crippen LogP contribution in [-0.4, -0.2) is 53.3 Å². The monoisotopic (exact) mass is 279 g/mol. The average molecular weight is 280 g/mol. The summed E-state index contributed by atoms with van der Waals surface area (Å²) >= 11 is 6.06. The molecule has 0 saturated carbocycles. The van der Waals surface area contributed by atoms with Gasteiger partial charge in [0, 0.05) is 31.2 Å². The SMILES string of the molecule is CN1CCC[C@@H](N(C)c2nnc(Cl)c3cc[nH]c23)C1. The zero-order chi connectivity index (χ0) is 13.4. The number of halogens is 1. The minimum Gasteiger partial charge on any atom is -0.358 e. The summed E-state index contributed by atoms with van der Waals surface area (Å²) in [7, 11) is 4.25. The second-order valence-electron chi connectivity index (χ2n) is 5.25. The molecule has 1 fully saturated rings. The lowest BCUT2D eigenvalue weighted by atomic mass is 10.1. The van der Waals surface area contributed by atoms with Gasteiger partial charge in [0.1, 0.15) is 0 Å². The van der Waals surface area contributed by atoms with Crippen molar-refractivity contribution >= 4 is 28.3 Å². The topological polar surface area (TPSA) is 48.1 Å². The molecule has 0 radical (unpaired) electrons. The van der Waals surface area contributed by atoms with Crippen LogP contribution in [0.5, 0.6) is 0 Å². The van der Waals surface area contributed by atoms with E-state index >= 15 is 0 Å². The number of hydrogen-bond donors (Lipinski definition) is 1. The first-order valence-electron chi connectivity index (χ1n) is 6.57.